The molecular weight excluding hydrogens is 299 g/mol. The molecule has 3 nitrogen and oxygen atoms in total. The van der Waals surface area contributed by atoms with Crippen LogP contribution in [-0.2, 0) is 6.42 Å². The van der Waals surface area contributed by atoms with Crippen LogP contribution in [0.4, 0.5) is 4.39 Å². The average molecular weight is 311 g/mol. The molecule has 0 aliphatic heterocycles. The van der Waals surface area contributed by atoms with Crippen LogP contribution in [0.25, 0.3) is 0 Å². The summed E-state index contributed by atoms with van der Waals surface area (Å²) in [5.74, 6) is 0.465. The van der Waals surface area contributed by atoms with Crippen molar-refractivity contribution in [2.24, 2.45) is 0 Å². The normalized spacial score (nSPS) is 10.4. The van der Waals surface area contributed by atoms with Crippen molar-refractivity contribution >= 4 is 15.9 Å². The highest BCUT2D eigenvalue weighted by molar-refractivity contribution is 9.10. The SMILES string of the molecule is CCCc1cc(Oc2cc(F)ccc2Br)ncn1. The Kier molecular flexibility index (Phi) is 4.25. The van der Waals surface area contributed by atoms with E-state index in [1.54, 1.807) is 12.1 Å². The van der Waals surface area contributed by atoms with Crippen molar-refractivity contribution in [2.75, 3.05) is 0 Å². The van der Waals surface area contributed by atoms with Crippen molar-refractivity contribution in [1.82, 2.24) is 9.97 Å². The topological polar surface area (TPSA) is 35.0 Å². The van der Waals surface area contributed by atoms with Gasteiger partial charge in [-0.1, -0.05) is 13.3 Å². The van der Waals surface area contributed by atoms with Gasteiger partial charge in [0.1, 0.15) is 17.9 Å². The zero-order valence-corrected chi connectivity index (χ0v) is 11.4. The Hall–Kier alpha value is -1.49. The summed E-state index contributed by atoms with van der Waals surface area (Å²) in [4.78, 5) is 8.14. The summed E-state index contributed by atoms with van der Waals surface area (Å²) in [5.41, 5.74) is 0.912. The molecule has 0 N–H and O–H groups in total. The summed E-state index contributed by atoms with van der Waals surface area (Å²) in [6.07, 6.45) is 3.32. The third-order valence-electron chi connectivity index (χ3n) is 2.31. The Labute approximate surface area is 113 Å². The molecule has 94 valence electrons. The van der Waals surface area contributed by atoms with Crippen LogP contribution < -0.4 is 4.74 Å². The van der Waals surface area contributed by atoms with Crippen LogP contribution in [0.15, 0.2) is 35.1 Å². The number of ether oxygens (including phenoxy) is 1. The number of nitrogens with zero attached hydrogens (tertiary/aromatic N) is 2. The van der Waals surface area contributed by atoms with E-state index in [9.17, 15) is 4.39 Å². The van der Waals surface area contributed by atoms with Gasteiger partial charge in [-0.15, -0.1) is 0 Å². The Morgan fingerprint density at radius 3 is 2.89 bits per heavy atom. The lowest BCUT2D eigenvalue weighted by molar-refractivity contribution is 0.452. The predicted molar refractivity (Wildman–Crippen MR) is 70.2 cm³/mol. The molecule has 18 heavy (non-hydrogen) atoms. The molecule has 5 heteroatoms. The maximum absolute atomic E-state index is 13.1. The molecule has 0 atom stereocenters. The van der Waals surface area contributed by atoms with Gasteiger partial charge in [0.2, 0.25) is 5.88 Å². The highest BCUT2D eigenvalue weighted by atomic mass is 79.9. The highest BCUT2D eigenvalue weighted by Crippen LogP contribution is 2.29. The minimum Gasteiger partial charge on any atom is -0.438 e. The van der Waals surface area contributed by atoms with Gasteiger partial charge in [0.25, 0.3) is 0 Å². The first-order chi connectivity index (χ1) is 8.69. The van der Waals surface area contributed by atoms with Gasteiger partial charge in [-0.3, -0.25) is 0 Å². The van der Waals surface area contributed by atoms with Gasteiger partial charge >= 0.3 is 0 Å². The number of halogens is 2. The molecule has 1 heterocycles. The molecule has 0 bridgehead atoms. The number of aromatic nitrogens is 2. The molecule has 1 aromatic heterocycles. The Balaban J connectivity index is 2.22. The second-order valence-electron chi connectivity index (χ2n) is 3.77. The van der Waals surface area contributed by atoms with E-state index in [1.165, 1.54) is 18.5 Å². The van der Waals surface area contributed by atoms with Gasteiger partial charge in [-0.2, -0.15) is 0 Å². The third-order valence-corrected chi connectivity index (χ3v) is 2.97. The number of aryl methyl sites for hydroxylation is 1. The smallest absolute Gasteiger partial charge is 0.222 e. The van der Waals surface area contributed by atoms with Crippen LogP contribution in [0.2, 0.25) is 0 Å². The van der Waals surface area contributed by atoms with E-state index in [0.29, 0.717) is 16.1 Å². The van der Waals surface area contributed by atoms with Gasteiger partial charge in [0.05, 0.1) is 4.47 Å². The molecule has 2 aromatic rings. The van der Waals surface area contributed by atoms with Crippen LogP contribution in [0.1, 0.15) is 19.0 Å². The van der Waals surface area contributed by atoms with Gasteiger partial charge < -0.3 is 4.74 Å². The summed E-state index contributed by atoms with van der Waals surface area (Å²) in [6.45, 7) is 2.08. The summed E-state index contributed by atoms with van der Waals surface area (Å²) in [5, 5.41) is 0. The van der Waals surface area contributed by atoms with Crippen LogP contribution in [0.5, 0.6) is 11.6 Å². The summed E-state index contributed by atoms with van der Waals surface area (Å²) < 4.78 is 19.3. The van der Waals surface area contributed by atoms with Gasteiger partial charge in [0.15, 0.2) is 0 Å². The fourth-order valence-electron chi connectivity index (χ4n) is 1.49. The molecule has 0 radical (unpaired) electrons. The van der Waals surface area contributed by atoms with Crippen molar-refractivity contribution < 1.29 is 9.13 Å². The van der Waals surface area contributed by atoms with E-state index in [-0.39, 0.29) is 5.82 Å². The summed E-state index contributed by atoms with van der Waals surface area (Å²) in [6, 6.07) is 6.03. The van der Waals surface area contributed by atoms with Gasteiger partial charge in [0, 0.05) is 17.8 Å². The lowest BCUT2D eigenvalue weighted by Crippen LogP contribution is -1.94. The quantitative estimate of drug-likeness (QED) is 0.852. The Morgan fingerprint density at radius 1 is 1.28 bits per heavy atom. The molecule has 0 amide bonds. The van der Waals surface area contributed by atoms with Crippen LogP contribution >= 0.6 is 15.9 Å². The summed E-state index contributed by atoms with van der Waals surface area (Å²) in [7, 11) is 0. The monoisotopic (exact) mass is 310 g/mol. The lowest BCUT2D eigenvalue weighted by Gasteiger charge is -2.07. The first-order valence-corrected chi connectivity index (χ1v) is 6.42. The van der Waals surface area contributed by atoms with Crippen LogP contribution in [-0.4, -0.2) is 9.97 Å². The van der Waals surface area contributed by atoms with E-state index < -0.39 is 0 Å². The largest absolute Gasteiger partial charge is 0.438 e. The molecule has 0 unspecified atom stereocenters. The Morgan fingerprint density at radius 2 is 2.11 bits per heavy atom. The maximum atomic E-state index is 13.1. The average Bonchev–Trinajstić information content (AvgIpc) is 2.35. The van der Waals surface area contributed by atoms with E-state index >= 15 is 0 Å². The van der Waals surface area contributed by atoms with Crippen molar-refractivity contribution in [3.8, 4) is 11.6 Å². The van der Waals surface area contributed by atoms with Gasteiger partial charge in [-0.05, 0) is 34.5 Å². The first-order valence-electron chi connectivity index (χ1n) is 5.63. The van der Waals surface area contributed by atoms with E-state index in [2.05, 4.69) is 32.8 Å². The molecular formula is C13H12BrFN2O. The second-order valence-corrected chi connectivity index (χ2v) is 4.63. The van der Waals surface area contributed by atoms with Crippen molar-refractivity contribution in [1.29, 1.82) is 0 Å². The summed E-state index contributed by atoms with van der Waals surface area (Å²) >= 11 is 3.30. The first kappa shape index (κ1) is 13.0. The number of hydrogen-bond acceptors (Lipinski definition) is 3. The molecule has 2 rings (SSSR count). The maximum Gasteiger partial charge on any atom is 0.222 e. The molecule has 0 fully saturated rings. The molecule has 0 saturated carbocycles. The molecule has 1 aromatic carbocycles. The van der Waals surface area contributed by atoms with E-state index in [1.807, 2.05) is 0 Å². The fourth-order valence-corrected chi connectivity index (χ4v) is 1.82. The number of hydrogen-bond donors (Lipinski definition) is 0. The van der Waals surface area contributed by atoms with Crippen molar-refractivity contribution in [2.45, 2.75) is 19.8 Å². The van der Waals surface area contributed by atoms with E-state index in [0.717, 1.165) is 18.5 Å². The standard InChI is InChI=1S/C13H12BrFN2O/c1-2-3-10-7-13(17-8-16-10)18-12-6-9(15)4-5-11(12)14/h4-8H,2-3H2,1H3. The van der Waals surface area contributed by atoms with Crippen molar-refractivity contribution in [3.63, 3.8) is 0 Å². The third kappa shape index (κ3) is 3.26. The lowest BCUT2D eigenvalue weighted by atomic mass is 10.2. The zero-order valence-electron chi connectivity index (χ0n) is 9.86. The van der Waals surface area contributed by atoms with Crippen molar-refractivity contribution in [3.05, 3.63) is 46.6 Å². The number of rotatable bonds is 4. The molecule has 0 aliphatic carbocycles. The van der Waals surface area contributed by atoms with Crippen LogP contribution in [0.3, 0.4) is 0 Å². The zero-order chi connectivity index (χ0) is 13.0. The molecule has 0 spiro atoms. The number of benzene rings is 1. The Bertz CT molecular complexity index is 548. The van der Waals surface area contributed by atoms with E-state index in [4.69, 9.17) is 4.74 Å². The molecule has 0 saturated heterocycles. The minimum atomic E-state index is -0.351. The van der Waals surface area contributed by atoms with Gasteiger partial charge in [-0.25, -0.2) is 14.4 Å². The predicted octanol–water partition coefficient (Wildman–Crippen LogP) is 4.12. The molecule has 0 aliphatic rings. The minimum absolute atomic E-state index is 0.351. The fraction of sp³-hybridized carbons (Fsp3) is 0.231. The van der Waals surface area contributed by atoms with Crippen LogP contribution in [0, 0.1) is 5.82 Å². The highest BCUT2D eigenvalue weighted by Gasteiger charge is 2.06. The second kappa shape index (κ2) is 5.91.